The van der Waals surface area contributed by atoms with E-state index in [1.54, 1.807) is 19.4 Å². The summed E-state index contributed by atoms with van der Waals surface area (Å²) >= 11 is 0. The Labute approximate surface area is 127 Å². The Bertz CT molecular complexity index is 413. The van der Waals surface area contributed by atoms with Gasteiger partial charge >= 0.3 is 0 Å². The van der Waals surface area contributed by atoms with Gasteiger partial charge in [0.25, 0.3) is 0 Å². The molecule has 0 amide bonds. The predicted molar refractivity (Wildman–Crippen MR) is 85.1 cm³/mol. The number of hydrogen-bond donors (Lipinski definition) is 1. The van der Waals surface area contributed by atoms with Crippen molar-refractivity contribution in [1.82, 2.24) is 10.3 Å². The number of nitrogens with zero attached hydrogens (tertiary/aromatic N) is 2. The lowest BCUT2D eigenvalue weighted by atomic mass is 10.2. The third-order valence-corrected chi connectivity index (χ3v) is 3.14. The normalized spacial score (nSPS) is 11.1. The van der Waals surface area contributed by atoms with Crippen molar-refractivity contribution in [1.29, 1.82) is 0 Å². The van der Waals surface area contributed by atoms with Gasteiger partial charge in [0.15, 0.2) is 11.6 Å². The largest absolute Gasteiger partial charge is 0.383 e. The van der Waals surface area contributed by atoms with Gasteiger partial charge in [-0.1, -0.05) is 20.8 Å². The maximum absolute atomic E-state index is 14.6. The molecule has 0 aliphatic carbocycles. The lowest BCUT2D eigenvalue weighted by Gasteiger charge is -2.26. The van der Waals surface area contributed by atoms with Crippen molar-refractivity contribution >= 4 is 5.82 Å². The lowest BCUT2D eigenvalue weighted by molar-refractivity contribution is 0.204. The number of halogens is 1. The quantitative estimate of drug-likeness (QED) is 0.674. The Balaban J connectivity index is 2.88. The van der Waals surface area contributed by atoms with Crippen molar-refractivity contribution in [2.45, 2.75) is 33.7 Å². The first-order valence-corrected chi connectivity index (χ1v) is 7.68. The van der Waals surface area contributed by atoms with E-state index in [2.05, 4.69) is 31.1 Å². The van der Waals surface area contributed by atoms with Crippen LogP contribution in [0.25, 0.3) is 0 Å². The fourth-order valence-corrected chi connectivity index (χ4v) is 2.15. The topological polar surface area (TPSA) is 37.4 Å². The zero-order valence-corrected chi connectivity index (χ0v) is 13.7. The zero-order chi connectivity index (χ0) is 15.7. The lowest BCUT2D eigenvalue weighted by Crippen LogP contribution is -2.33. The van der Waals surface area contributed by atoms with E-state index in [9.17, 15) is 4.39 Å². The third kappa shape index (κ3) is 5.98. The van der Waals surface area contributed by atoms with E-state index in [-0.39, 0.29) is 5.82 Å². The van der Waals surface area contributed by atoms with Crippen molar-refractivity contribution in [3.05, 3.63) is 23.6 Å². The highest BCUT2D eigenvalue weighted by Crippen LogP contribution is 2.20. The van der Waals surface area contributed by atoms with E-state index in [1.165, 1.54) is 0 Å². The fourth-order valence-electron chi connectivity index (χ4n) is 2.15. The summed E-state index contributed by atoms with van der Waals surface area (Å²) in [6.45, 7) is 9.71. The highest BCUT2D eigenvalue weighted by molar-refractivity contribution is 5.43. The molecule has 0 aliphatic rings. The average Bonchev–Trinajstić information content (AvgIpc) is 2.45. The van der Waals surface area contributed by atoms with Crippen LogP contribution in [-0.4, -0.2) is 38.3 Å². The fraction of sp³-hybridized carbons (Fsp3) is 0.688. The van der Waals surface area contributed by atoms with Gasteiger partial charge in [0.05, 0.1) is 6.61 Å². The Morgan fingerprint density at radius 2 is 2.19 bits per heavy atom. The number of rotatable bonds is 10. The van der Waals surface area contributed by atoms with Crippen molar-refractivity contribution < 1.29 is 9.13 Å². The van der Waals surface area contributed by atoms with E-state index in [4.69, 9.17) is 4.74 Å². The molecule has 1 N–H and O–H groups in total. The van der Waals surface area contributed by atoms with Crippen molar-refractivity contribution in [3.8, 4) is 0 Å². The van der Waals surface area contributed by atoms with Gasteiger partial charge < -0.3 is 15.0 Å². The summed E-state index contributed by atoms with van der Waals surface area (Å²) in [5.74, 6) is 0.638. The van der Waals surface area contributed by atoms with Gasteiger partial charge in [0, 0.05) is 38.5 Å². The van der Waals surface area contributed by atoms with E-state index in [0.29, 0.717) is 37.0 Å². The number of pyridine rings is 1. The summed E-state index contributed by atoms with van der Waals surface area (Å²) in [5, 5.41) is 3.23. The molecule has 0 aromatic carbocycles. The number of hydrogen-bond acceptors (Lipinski definition) is 4. The van der Waals surface area contributed by atoms with Crippen LogP contribution in [0.3, 0.4) is 0 Å². The molecule has 0 atom stereocenters. The first-order chi connectivity index (χ1) is 10.1. The standard InChI is InChI=1S/C16H28FN3O/c1-5-7-18-11-14-6-8-19-16(15(14)17)20(9-10-21-4)12-13(2)3/h6,8,13,18H,5,7,9-12H2,1-4H3. The summed E-state index contributed by atoms with van der Waals surface area (Å²) in [7, 11) is 1.66. The number of nitrogens with one attached hydrogen (secondary N) is 1. The summed E-state index contributed by atoms with van der Waals surface area (Å²) in [4.78, 5) is 6.21. The van der Waals surface area contributed by atoms with Crippen molar-refractivity contribution in [3.63, 3.8) is 0 Å². The molecule has 1 aromatic heterocycles. The smallest absolute Gasteiger partial charge is 0.170 e. The minimum absolute atomic E-state index is 0.224. The van der Waals surface area contributed by atoms with Crippen LogP contribution in [0, 0.1) is 11.7 Å². The first-order valence-electron chi connectivity index (χ1n) is 7.68. The summed E-state index contributed by atoms with van der Waals surface area (Å²) in [6, 6.07) is 1.74. The summed E-state index contributed by atoms with van der Waals surface area (Å²) in [6.07, 6.45) is 2.72. The Kier molecular flexibility index (Phi) is 8.23. The second-order valence-corrected chi connectivity index (χ2v) is 5.62. The molecule has 0 spiro atoms. The molecule has 0 saturated heterocycles. The highest BCUT2D eigenvalue weighted by Gasteiger charge is 2.17. The van der Waals surface area contributed by atoms with Gasteiger partial charge in [-0.15, -0.1) is 0 Å². The molecule has 120 valence electrons. The maximum atomic E-state index is 14.6. The molecule has 0 unspecified atom stereocenters. The molecule has 1 heterocycles. The predicted octanol–water partition coefficient (Wildman–Crippen LogP) is 2.83. The maximum Gasteiger partial charge on any atom is 0.170 e. The van der Waals surface area contributed by atoms with Gasteiger partial charge in [-0.2, -0.15) is 0 Å². The van der Waals surface area contributed by atoms with Crippen LogP contribution in [0.15, 0.2) is 12.3 Å². The van der Waals surface area contributed by atoms with Crippen LogP contribution in [0.1, 0.15) is 32.8 Å². The molecule has 1 aromatic rings. The van der Waals surface area contributed by atoms with Gasteiger partial charge in [0.1, 0.15) is 0 Å². The number of aromatic nitrogens is 1. The van der Waals surface area contributed by atoms with Gasteiger partial charge in [0.2, 0.25) is 0 Å². The third-order valence-electron chi connectivity index (χ3n) is 3.14. The minimum atomic E-state index is -0.224. The van der Waals surface area contributed by atoms with E-state index in [0.717, 1.165) is 19.5 Å². The van der Waals surface area contributed by atoms with Crippen LogP contribution in [0.2, 0.25) is 0 Å². The van der Waals surface area contributed by atoms with Crippen LogP contribution in [0.5, 0.6) is 0 Å². The zero-order valence-electron chi connectivity index (χ0n) is 13.7. The molecule has 1 rings (SSSR count). The molecule has 5 heteroatoms. The number of methoxy groups -OCH3 is 1. The molecular weight excluding hydrogens is 269 g/mol. The Hall–Kier alpha value is -1.20. The Morgan fingerprint density at radius 1 is 1.43 bits per heavy atom. The van der Waals surface area contributed by atoms with Crippen molar-refractivity contribution in [2.24, 2.45) is 5.92 Å². The van der Waals surface area contributed by atoms with Crippen LogP contribution in [0.4, 0.5) is 10.2 Å². The summed E-state index contributed by atoms with van der Waals surface area (Å²) in [5.41, 5.74) is 0.666. The monoisotopic (exact) mass is 297 g/mol. The highest BCUT2D eigenvalue weighted by atomic mass is 19.1. The second kappa shape index (κ2) is 9.68. The number of ether oxygens (including phenoxy) is 1. The molecule has 0 aliphatic heterocycles. The van der Waals surface area contributed by atoms with E-state index >= 15 is 0 Å². The molecule has 0 fully saturated rings. The molecule has 0 bridgehead atoms. The van der Waals surface area contributed by atoms with Crippen molar-refractivity contribution in [2.75, 3.05) is 38.3 Å². The van der Waals surface area contributed by atoms with Crippen LogP contribution < -0.4 is 10.2 Å². The minimum Gasteiger partial charge on any atom is -0.383 e. The Morgan fingerprint density at radius 3 is 2.81 bits per heavy atom. The molecule has 0 saturated carbocycles. The van der Waals surface area contributed by atoms with E-state index < -0.39 is 0 Å². The van der Waals surface area contributed by atoms with Gasteiger partial charge in [-0.05, 0) is 24.9 Å². The average molecular weight is 297 g/mol. The molecule has 4 nitrogen and oxygen atoms in total. The van der Waals surface area contributed by atoms with Crippen LogP contribution >= 0.6 is 0 Å². The molecular formula is C16H28FN3O. The number of anilines is 1. The molecule has 21 heavy (non-hydrogen) atoms. The van der Waals surface area contributed by atoms with Gasteiger partial charge in [-0.25, -0.2) is 9.37 Å². The summed E-state index contributed by atoms with van der Waals surface area (Å²) < 4.78 is 19.8. The SMILES string of the molecule is CCCNCc1ccnc(N(CCOC)CC(C)C)c1F. The van der Waals surface area contributed by atoms with E-state index in [1.807, 2.05) is 4.90 Å². The van der Waals surface area contributed by atoms with Crippen LogP contribution in [-0.2, 0) is 11.3 Å². The second-order valence-electron chi connectivity index (χ2n) is 5.62. The first kappa shape index (κ1) is 17.9. The van der Waals surface area contributed by atoms with Gasteiger partial charge in [-0.3, -0.25) is 0 Å². The molecule has 0 radical (unpaired) electrons.